The van der Waals surface area contributed by atoms with Crippen LogP contribution in [-0.2, 0) is 16.0 Å². The Bertz CT molecular complexity index is 789. The molecule has 0 bridgehead atoms. The molecule has 28 heavy (non-hydrogen) atoms. The van der Waals surface area contributed by atoms with Crippen molar-refractivity contribution in [1.82, 2.24) is 0 Å². The van der Waals surface area contributed by atoms with Gasteiger partial charge in [0.05, 0.1) is 6.42 Å². The van der Waals surface area contributed by atoms with Gasteiger partial charge in [0.15, 0.2) is 0 Å². The van der Waals surface area contributed by atoms with Crippen LogP contribution in [0.1, 0.15) is 31.7 Å². The predicted molar refractivity (Wildman–Crippen MR) is 113 cm³/mol. The summed E-state index contributed by atoms with van der Waals surface area (Å²) in [7, 11) is 0. The van der Waals surface area contributed by atoms with Gasteiger partial charge in [-0.3, -0.25) is 9.59 Å². The third-order valence-corrected chi connectivity index (χ3v) is 5.56. The maximum atomic E-state index is 12.7. The standard InChI is InChI=1S/C23H29N3O2/c1-2-26(20-8-4-3-5-9-20)22(27)15-17-11-13-19(14-12-17)25-23(28)21-10-6-7-18(21)16-24/h3-5,8-9,11-14,18,21H,2,6-7,10,15-16,24H2,1H3,(H,25,28)/t18-,21-/m1/s1. The molecule has 5 heteroatoms. The lowest BCUT2D eigenvalue weighted by Crippen LogP contribution is -2.32. The van der Waals surface area contributed by atoms with Crippen LogP contribution in [0.15, 0.2) is 54.6 Å². The molecule has 1 aliphatic rings. The summed E-state index contributed by atoms with van der Waals surface area (Å²) in [6.07, 6.45) is 3.34. The molecule has 0 aliphatic heterocycles. The van der Waals surface area contributed by atoms with Crippen LogP contribution in [0.5, 0.6) is 0 Å². The zero-order valence-electron chi connectivity index (χ0n) is 16.4. The number of amides is 2. The number of hydrogen-bond donors (Lipinski definition) is 2. The highest BCUT2D eigenvalue weighted by atomic mass is 16.2. The monoisotopic (exact) mass is 379 g/mol. The fourth-order valence-corrected chi connectivity index (χ4v) is 3.99. The van der Waals surface area contributed by atoms with Crippen molar-refractivity contribution in [3.8, 4) is 0 Å². The number of carbonyl (C=O) groups excluding carboxylic acids is 2. The van der Waals surface area contributed by atoms with Crippen molar-refractivity contribution in [3.05, 3.63) is 60.2 Å². The highest BCUT2D eigenvalue weighted by Gasteiger charge is 2.31. The number of nitrogens with one attached hydrogen (secondary N) is 1. The highest BCUT2D eigenvalue weighted by molar-refractivity contribution is 5.95. The van der Waals surface area contributed by atoms with Gasteiger partial charge in [-0.25, -0.2) is 0 Å². The molecule has 2 amide bonds. The number of nitrogens with zero attached hydrogens (tertiary/aromatic N) is 1. The molecule has 0 spiro atoms. The van der Waals surface area contributed by atoms with Crippen molar-refractivity contribution >= 4 is 23.2 Å². The first-order valence-corrected chi connectivity index (χ1v) is 10.1. The Kier molecular flexibility index (Phi) is 6.82. The van der Waals surface area contributed by atoms with Crippen LogP contribution in [0, 0.1) is 11.8 Å². The lowest BCUT2D eigenvalue weighted by Gasteiger charge is -2.21. The molecule has 1 fully saturated rings. The summed E-state index contributed by atoms with van der Waals surface area (Å²) in [6.45, 7) is 3.16. The van der Waals surface area contributed by atoms with E-state index in [0.717, 1.165) is 36.2 Å². The normalized spacial score (nSPS) is 18.6. The van der Waals surface area contributed by atoms with Gasteiger partial charge < -0.3 is 16.0 Å². The Hall–Kier alpha value is -2.66. The van der Waals surface area contributed by atoms with Crippen LogP contribution < -0.4 is 16.0 Å². The van der Waals surface area contributed by atoms with Crippen molar-refractivity contribution in [3.63, 3.8) is 0 Å². The summed E-state index contributed by atoms with van der Waals surface area (Å²) < 4.78 is 0. The van der Waals surface area contributed by atoms with Crippen molar-refractivity contribution in [2.45, 2.75) is 32.6 Å². The maximum Gasteiger partial charge on any atom is 0.231 e. The quantitative estimate of drug-likeness (QED) is 0.772. The summed E-state index contributed by atoms with van der Waals surface area (Å²) >= 11 is 0. The molecule has 3 rings (SSSR count). The molecule has 0 unspecified atom stereocenters. The third kappa shape index (κ3) is 4.78. The second-order valence-corrected chi connectivity index (χ2v) is 7.37. The van der Waals surface area contributed by atoms with Crippen LogP contribution in [-0.4, -0.2) is 24.9 Å². The molecule has 148 valence electrons. The fourth-order valence-electron chi connectivity index (χ4n) is 3.99. The first-order chi connectivity index (χ1) is 13.6. The number of nitrogens with two attached hydrogens (primary N) is 1. The smallest absolute Gasteiger partial charge is 0.231 e. The maximum absolute atomic E-state index is 12.7. The van der Waals surface area contributed by atoms with E-state index in [4.69, 9.17) is 5.73 Å². The SMILES string of the molecule is CCN(C(=O)Cc1ccc(NC(=O)[C@@H]2CCC[C@@H]2CN)cc1)c1ccccc1. The lowest BCUT2D eigenvalue weighted by molar-refractivity contribution is -0.121. The van der Waals surface area contributed by atoms with E-state index in [9.17, 15) is 9.59 Å². The van der Waals surface area contributed by atoms with E-state index < -0.39 is 0 Å². The minimum atomic E-state index is 0.00948. The molecule has 2 aromatic rings. The van der Waals surface area contributed by atoms with Gasteiger partial charge in [0.1, 0.15) is 0 Å². The minimum absolute atomic E-state index is 0.00948. The number of benzene rings is 2. The van der Waals surface area contributed by atoms with E-state index >= 15 is 0 Å². The summed E-state index contributed by atoms with van der Waals surface area (Å²) in [5.74, 6) is 0.408. The Morgan fingerprint density at radius 1 is 1.07 bits per heavy atom. The molecule has 2 atom stereocenters. The van der Waals surface area contributed by atoms with Crippen molar-refractivity contribution < 1.29 is 9.59 Å². The Labute approximate surface area is 166 Å². The number of rotatable bonds is 7. The highest BCUT2D eigenvalue weighted by Crippen LogP contribution is 2.31. The predicted octanol–water partition coefficient (Wildman–Crippen LogP) is 3.60. The first-order valence-electron chi connectivity index (χ1n) is 10.1. The van der Waals surface area contributed by atoms with E-state index in [0.29, 0.717) is 19.5 Å². The molecule has 0 radical (unpaired) electrons. The number of hydrogen-bond acceptors (Lipinski definition) is 3. The van der Waals surface area contributed by atoms with Crippen molar-refractivity contribution in [1.29, 1.82) is 0 Å². The molecule has 3 N–H and O–H groups in total. The van der Waals surface area contributed by atoms with Gasteiger partial charge in [-0.1, -0.05) is 36.8 Å². The molecule has 1 aliphatic carbocycles. The van der Waals surface area contributed by atoms with E-state index in [1.807, 2.05) is 61.5 Å². The molecular weight excluding hydrogens is 350 g/mol. The summed E-state index contributed by atoms with van der Waals surface area (Å²) in [4.78, 5) is 27.0. The van der Waals surface area contributed by atoms with Crippen LogP contribution >= 0.6 is 0 Å². The van der Waals surface area contributed by atoms with Gasteiger partial charge in [0.2, 0.25) is 11.8 Å². The number of likely N-dealkylation sites (N-methyl/N-ethyl adjacent to an activating group) is 1. The molecule has 0 saturated heterocycles. The van der Waals surface area contributed by atoms with E-state index in [1.54, 1.807) is 4.90 Å². The van der Waals surface area contributed by atoms with Crippen molar-refractivity contribution in [2.24, 2.45) is 17.6 Å². The average Bonchev–Trinajstić information content (AvgIpc) is 3.20. The average molecular weight is 380 g/mol. The summed E-state index contributed by atoms with van der Waals surface area (Å²) in [5, 5.41) is 3.00. The van der Waals surface area contributed by atoms with Crippen LogP contribution in [0.3, 0.4) is 0 Å². The zero-order chi connectivity index (χ0) is 19.9. The summed E-state index contributed by atoms with van der Waals surface area (Å²) in [6, 6.07) is 17.2. The van der Waals surface area contributed by atoms with Crippen LogP contribution in [0.4, 0.5) is 11.4 Å². The molecule has 2 aromatic carbocycles. The Morgan fingerprint density at radius 3 is 2.43 bits per heavy atom. The third-order valence-electron chi connectivity index (χ3n) is 5.56. The molecule has 0 aromatic heterocycles. The Balaban J connectivity index is 1.59. The number of para-hydroxylation sites is 1. The topological polar surface area (TPSA) is 75.4 Å². The molecular formula is C23H29N3O2. The number of carbonyl (C=O) groups is 2. The largest absolute Gasteiger partial charge is 0.330 e. The van der Waals surface area contributed by atoms with Gasteiger partial charge in [0, 0.05) is 23.8 Å². The minimum Gasteiger partial charge on any atom is -0.330 e. The zero-order valence-corrected chi connectivity index (χ0v) is 16.4. The van der Waals surface area contributed by atoms with Gasteiger partial charge in [-0.05, 0) is 62.1 Å². The van der Waals surface area contributed by atoms with Gasteiger partial charge in [-0.2, -0.15) is 0 Å². The van der Waals surface area contributed by atoms with Crippen LogP contribution in [0.2, 0.25) is 0 Å². The number of anilines is 2. The second-order valence-electron chi connectivity index (χ2n) is 7.37. The lowest BCUT2D eigenvalue weighted by atomic mass is 9.95. The Morgan fingerprint density at radius 2 is 1.79 bits per heavy atom. The van der Waals surface area contributed by atoms with Crippen LogP contribution in [0.25, 0.3) is 0 Å². The molecule has 1 saturated carbocycles. The summed E-state index contributed by atoms with van der Waals surface area (Å²) in [5.41, 5.74) is 8.38. The van der Waals surface area contributed by atoms with Gasteiger partial charge >= 0.3 is 0 Å². The molecule has 5 nitrogen and oxygen atoms in total. The van der Waals surface area contributed by atoms with Gasteiger partial charge in [-0.15, -0.1) is 0 Å². The fraction of sp³-hybridized carbons (Fsp3) is 0.391. The van der Waals surface area contributed by atoms with Crippen molar-refractivity contribution in [2.75, 3.05) is 23.3 Å². The van der Waals surface area contributed by atoms with E-state index in [-0.39, 0.29) is 23.7 Å². The van der Waals surface area contributed by atoms with E-state index in [2.05, 4.69) is 5.32 Å². The van der Waals surface area contributed by atoms with Gasteiger partial charge in [0.25, 0.3) is 0 Å². The van der Waals surface area contributed by atoms with E-state index in [1.165, 1.54) is 0 Å². The second kappa shape index (κ2) is 9.51. The molecule has 0 heterocycles. The first kappa shape index (κ1) is 20.1.